The van der Waals surface area contributed by atoms with Crippen molar-refractivity contribution in [2.75, 3.05) is 6.54 Å². The molecular formula is C10H11BrFNO2. The van der Waals surface area contributed by atoms with E-state index in [0.717, 1.165) is 12.8 Å². The Kier molecular flexibility index (Phi) is 2.39. The van der Waals surface area contributed by atoms with Gasteiger partial charge < -0.3 is 15.9 Å². The fourth-order valence-electron chi connectivity index (χ4n) is 1.74. The average Bonchev–Trinajstić information content (AvgIpc) is 3.01. The SMILES string of the molecule is NCC1(c2cc(Br)c(F)c(O)c2O)CC1. The largest absolute Gasteiger partial charge is 0.504 e. The fourth-order valence-corrected chi connectivity index (χ4v) is 2.16. The highest BCUT2D eigenvalue weighted by Crippen LogP contribution is 2.53. The first kappa shape index (κ1) is 10.7. The quantitative estimate of drug-likeness (QED) is 0.724. The maximum absolute atomic E-state index is 13.2. The maximum atomic E-state index is 13.2. The van der Waals surface area contributed by atoms with Crippen LogP contribution in [-0.2, 0) is 5.41 Å². The van der Waals surface area contributed by atoms with E-state index < -0.39 is 17.3 Å². The summed E-state index contributed by atoms with van der Waals surface area (Å²) in [5, 5.41) is 19.0. The minimum Gasteiger partial charge on any atom is -0.504 e. The van der Waals surface area contributed by atoms with Crippen molar-refractivity contribution in [3.8, 4) is 11.5 Å². The van der Waals surface area contributed by atoms with Crippen LogP contribution in [0.5, 0.6) is 11.5 Å². The molecule has 15 heavy (non-hydrogen) atoms. The monoisotopic (exact) mass is 275 g/mol. The van der Waals surface area contributed by atoms with Crippen molar-refractivity contribution < 1.29 is 14.6 Å². The Balaban J connectivity index is 2.58. The first-order valence-corrected chi connectivity index (χ1v) is 5.41. The first-order chi connectivity index (χ1) is 7.02. The second kappa shape index (κ2) is 3.35. The lowest BCUT2D eigenvalue weighted by molar-refractivity contribution is 0.370. The van der Waals surface area contributed by atoms with E-state index in [9.17, 15) is 14.6 Å². The molecule has 0 atom stereocenters. The van der Waals surface area contributed by atoms with Crippen LogP contribution in [0.3, 0.4) is 0 Å². The topological polar surface area (TPSA) is 66.5 Å². The second-order valence-corrected chi connectivity index (χ2v) is 4.76. The standard InChI is InChI=1S/C10H11BrFNO2/c11-6-3-5(10(4-13)1-2-10)8(14)9(15)7(6)12/h3,14-15H,1-2,4,13H2. The third-order valence-electron chi connectivity index (χ3n) is 2.98. The molecule has 1 aliphatic carbocycles. The summed E-state index contributed by atoms with van der Waals surface area (Å²) in [6.07, 6.45) is 1.71. The van der Waals surface area contributed by atoms with Gasteiger partial charge in [0.25, 0.3) is 0 Å². The van der Waals surface area contributed by atoms with Crippen LogP contribution in [0.25, 0.3) is 0 Å². The van der Waals surface area contributed by atoms with Gasteiger partial charge in [0.15, 0.2) is 17.3 Å². The summed E-state index contributed by atoms with van der Waals surface area (Å²) in [6, 6.07) is 1.49. The zero-order valence-electron chi connectivity index (χ0n) is 7.93. The molecule has 1 fully saturated rings. The minimum absolute atomic E-state index is 0.146. The van der Waals surface area contributed by atoms with Gasteiger partial charge in [0.2, 0.25) is 0 Å². The highest BCUT2D eigenvalue weighted by molar-refractivity contribution is 9.10. The number of rotatable bonds is 2. The van der Waals surface area contributed by atoms with Crippen molar-refractivity contribution in [3.05, 3.63) is 21.9 Å². The molecule has 0 heterocycles. The van der Waals surface area contributed by atoms with Crippen LogP contribution in [0.15, 0.2) is 10.5 Å². The van der Waals surface area contributed by atoms with Gasteiger partial charge in [0.05, 0.1) is 4.47 Å². The molecule has 0 amide bonds. The van der Waals surface area contributed by atoms with Crippen LogP contribution in [-0.4, -0.2) is 16.8 Å². The van der Waals surface area contributed by atoms with Gasteiger partial charge in [-0.15, -0.1) is 0 Å². The van der Waals surface area contributed by atoms with Gasteiger partial charge in [0.1, 0.15) is 0 Å². The predicted molar refractivity (Wildman–Crippen MR) is 57.4 cm³/mol. The average molecular weight is 276 g/mol. The van der Waals surface area contributed by atoms with Crippen LogP contribution >= 0.6 is 15.9 Å². The van der Waals surface area contributed by atoms with Gasteiger partial charge in [-0.2, -0.15) is 0 Å². The number of benzene rings is 1. The molecule has 0 saturated heterocycles. The normalized spacial score (nSPS) is 17.8. The summed E-state index contributed by atoms with van der Waals surface area (Å²) in [5.74, 6) is -1.94. The minimum atomic E-state index is -0.843. The van der Waals surface area contributed by atoms with E-state index in [1.807, 2.05) is 0 Å². The smallest absolute Gasteiger partial charge is 0.195 e. The Bertz CT molecular complexity index is 418. The summed E-state index contributed by atoms with van der Waals surface area (Å²) in [7, 11) is 0. The van der Waals surface area contributed by atoms with Crippen LogP contribution < -0.4 is 5.73 Å². The highest BCUT2D eigenvalue weighted by atomic mass is 79.9. The van der Waals surface area contributed by atoms with Crippen molar-refractivity contribution in [2.24, 2.45) is 5.73 Å². The van der Waals surface area contributed by atoms with Gasteiger partial charge in [-0.1, -0.05) is 0 Å². The molecule has 0 aliphatic heterocycles. The van der Waals surface area contributed by atoms with Gasteiger partial charge in [-0.3, -0.25) is 0 Å². The summed E-state index contributed by atoms with van der Waals surface area (Å²) < 4.78 is 13.3. The molecule has 1 saturated carbocycles. The van der Waals surface area contributed by atoms with E-state index in [1.54, 1.807) is 0 Å². The van der Waals surface area contributed by atoms with Gasteiger partial charge >= 0.3 is 0 Å². The molecule has 82 valence electrons. The Labute approximate surface area is 94.8 Å². The van der Waals surface area contributed by atoms with Crippen LogP contribution in [0.4, 0.5) is 4.39 Å². The molecule has 1 aromatic rings. The lowest BCUT2D eigenvalue weighted by Gasteiger charge is -2.16. The molecule has 2 rings (SSSR count). The van der Waals surface area contributed by atoms with E-state index in [1.165, 1.54) is 6.07 Å². The molecule has 0 aromatic heterocycles. The zero-order valence-corrected chi connectivity index (χ0v) is 9.51. The maximum Gasteiger partial charge on any atom is 0.195 e. The molecule has 0 radical (unpaired) electrons. The van der Waals surface area contributed by atoms with Gasteiger partial charge in [0, 0.05) is 17.5 Å². The fraction of sp³-hybridized carbons (Fsp3) is 0.400. The molecule has 5 heteroatoms. The molecule has 0 unspecified atom stereocenters. The van der Waals surface area contributed by atoms with Crippen LogP contribution in [0.2, 0.25) is 0 Å². The molecule has 3 nitrogen and oxygen atoms in total. The van der Waals surface area contributed by atoms with Crippen molar-refractivity contribution in [2.45, 2.75) is 18.3 Å². The number of phenols is 2. The molecule has 0 spiro atoms. The molecule has 1 aromatic carbocycles. The summed E-state index contributed by atoms with van der Waals surface area (Å²) in [4.78, 5) is 0. The highest BCUT2D eigenvalue weighted by Gasteiger charge is 2.45. The van der Waals surface area contributed by atoms with E-state index in [2.05, 4.69) is 15.9 Å². The third-order valence-corrected chi connectivity index (χ3v) is 3.56. The molecular weight excluding hydrogens is 265 g/mol. The first-order valence-electron chi connectivity index (χ1n) is 4.62. The number of aromatic hydroxyl groups is 2. The number of hydrogen-bond donors (Lipinski definition) is 3. The van der Waals surface area contributed by atoms with E-state index in [-0.39, 0.29) is 9.89 Å². The molecule has 0 bridgehead atoms. The second-order valence-electron chi connectivity index (χ2n) is 3.90. The van der Waals surface area contributed by atoms with Crippen LogP contribution in [0, 0.1) is 5.82 Å². The van der Waals surface area contributed by atoms with Crippen molar-refractivity contribution >= 4 is 15.9 Å². The lowest BCUT2D eigenvalue weighted by atomic mass is 9.95. The number of hydrogen-bond acceptors (Lipinski definition) is 3. The number of nitrogens with two attached hydrogens (primary N) is 1. The van der Waals surface area contributed by atoms with Crippen molar-refractivity contribution in [1.82, 2.24) is 0 Å². The van der Waals surface area contributed by atoms with Gasteiger partial charge in [-0.05, 0) is 34.8 Å². The lowest BCUT2D eigenvalue weighted by Crippen LogP contribution is -2.20. The van der Waals surface area contributed by atoms with E-state index in [4.69, 9.17) is 5.73 Å². The van der Waals surface area contributed by atoms with Crippen LogP contribution in [0.1, 0.15) is 18.4 Å². The number of halogens is 2. The summed E-state index contributed by atoms with van der Waals surface area (Å²) in [5.41, 5.74) is 5.85. The Morgan fingerprint density at radius 1 is 1.40 bits per heavy atom. The van der Waals surface area contributed by atoms with E-state index in [0.29, 0.717) is 12.1 Å². The Morgan fingerprint density at radius 2 is 2.00 bits per heavy atom. The molecule has 1 aliphatic rings. The van der Waals surface area contributed by atoms with Crippen molar-refractivity contribution in [3.63, 3.8) is 0 Å². The Morgan fingerprint density at radius 3 is 2.47 bits per heavy atom. The van der Waals surface area contributed by atoms with Crippen molar-refractivity contribution in [1.29, 1.82) is 0 Å². The predicted octanol–water partition coefficient (Wildman–Crippen LogP) is 1.99. The summed E-state index contributed by atoms with van der Waals surface area (Å²) in [6.45, 7) is 0.387. The number of phenolic OH excluding ortho intramolecular Hbond substituents is 2. The summed E-state index contributed by atoms with van der Waals surface area (Å²) >= 11 is 2.99. The van der Waals surface area contributed by atoms with E-state index >= 15 is 0 Å². The zero-order chi connectivity index (χ0) is 11.2. The molecule has 4 N–H and O–H groups in total. The Hall–Kier alpha value is -0.810. The third kappa shape index (κ3) is 1.50. The van der Waals surface area contributed by atoms with Gasteiger partial charge in [-0.25, -0.2) is 4.39 Å².